The van der Waals surface area contributed by atoms with Crippen LogP contribution >= 0.6 is 0 Å². The molecule has 0 spiro atoms. The van der Waals surface area contributed by atoms with Crippen molar-refractivity contribution in [2.45, 2.75) is 79.1 Å². The second kappa shape index (κ2) is 18.7. The first-order valence-corrected chi connectivity index (χ1v) is 19.8. The van der Waals surface area contributed by atoms with E-state index in [9.17, 15) is 0 Å². The van der Waals surface area contributed by atoms with Crippen molar-refractivity contribution >= 4 is 23.4 Å². The first kappa shape index (κ1) is 43.8. The summed E-state index contributed by atoms with van der Waals surface area (Å²) in [5.74, 6) is 3.72. The van der Waals surface area contributed by atoms with Gasteiger partial charge >= 0.3 is 40.8 Å². The normalized spacial score (nSPS) is 11.7. The van der Waals surface area contributed by atoms with Gasteiger partial charge in [-0.25, -0.2) is 0 Å². The SMILES string of the molecule is CC(C)c1cc(Oc2[c-]c3c(cc2)-c2ccc(Oc4[c-]c(-c5cc(C(C)C)ccn5)cc(C(C)C)c4)[c-]c2B3c2ncccn2)[c-]c(-c2cc(C(C)C)ccn2)c1.[Pd+2].[Pd+2]. The number of hydrogen-bond donors (Lipinski definition) is 0. The fourth-order valence-corrected chi connectivity index (χ4v) is 7.21. The monoisotopic (exact) mass is 956 g/mol. The molecule has 0 unspecified atom stereocenters. The minimum Gasteiger partial charge on any atom is -0.503 e. The van der Waals surface area contributed by atoms with Gasteiger partial charge in [0.05, 0.1) is 5.72 Å². The molecule has 0 atom stereocenters. The van der Waals surface area contributed by atoms with Gasteiger partial charge in [0, 0.05) is 47.8 Å². The van der Waals surface area contributed by atoms with Crippen LogP contribution in [0.25, 0.3) is 33.6 Å². The molecule has 0 saturated heterocycles. The zero-order chi connectivity index (χ0) is 39.8. The van der Waals surface area contributed by atoms with Crippen LogP contribution in [-0.4, -0.2) is 26.6 Å². The fraction of sp³-hybridized carbons (Fsp3) is 0.240. The van der Waals surface area contributed by atoms with Crippen LogP contribution in [0.4, 0.5) is 0 Å². The van der Waals surface area contributed by atoms with Crippen molar-refractivity contribution in [2.24, 2.45) is 0 Å². The third kappa shape index (κ3) is 9.51. The summed E-state index contributed by atoms with van der Waals surface area (Å²) in [5, 5.41) is 0. The molecule has 8 rings (SSSR count). The summed E-state index contributed by atoms with van der Waals surface area (Å²) in [6.07, 6.45) is 7.28. The second-order valence-electron chi connectivity index (χ2n) is 16.0. The Hall–Kier alpha value is -4.75. The minimum absolute atomic E-state index is 0. The van der Waals surface area contributed by atoms with Gasteiger partial charge in [0.1, 0.15) is 0 Å². The summed E-state index contributed by atoms with van der Waals surface area (Å²) in [6, 6.07) is 41.0. The number of rotatable bonds is 11. The maximum absolute atomic E-state index is 6.59. The van der Waals surface area contributed by atoms with Gasteiger partial charge in [0.2, 0.25) is 6.71 Å². The van der Waals surface area contributed by atoms with Crippen molar-refractivity contribution in [2.75, 3.05) is 0 Å². The molecule has 1 aliphatic heterocycles. The van der Waals surface area contributed by atoms with Gasteiger partial charge in [0.15, 0.2) is 0 Å². The van der Waals surface area contributed by atoms with Crippen molar-refractivity contribution in [1.29, 1.82) is 0 Å². The molecule has 0 bridgehead atoms. The average Bonchev–Trinajstić information content (AvgIpc) is 3.53. The van der Waals surface area contributed by atoms with Crippen molar-refractivity contribution in [3.8, 4) is 56.6 Å². The van der Waals surface area contributed by atoms with E-state index in [1.54, 1.807) is 12.4 Å². The largest absolute Gasteiger partial charge is 2.00 e. The molecule has 3 aromatic heterocycles. The Bertz CT molecular complexity index is 2420. The van der Waals surface area contributed by atoms with Crippen molar-refractivity contribution in [3.63, 3.8) is 0 Å². The predicted octanol–water partition coefficient (Wildman–Crippen LogP) is 10.4. The van der Waals surface area contributed by atoms with Crippen molar-refractivity contribution in [3.05, 3.63) is 150 Å². The molecule has 4 heterocycles. The Labute approximate surface area is 377 Å². The maximum Gasteiger partial charge on any atom is 2.00 e. The second-order valence-corrected chi connectivity index (χ2v) is 16.0. The van der Waals surface area contributed by atoms with E-state index < -0.39 is 0 Å². The van der Waals surface area contributed by atoms with Crippen molar-refractivity contribution in [1.82, 2.24) is 19.9 Å². The molecular weight excluding hydrogens is 912 g/mol. The summed E-state index contributed by atoms with van der Waals surface area (Å²) in [7, 11) is 0. The molecule has 0 N–H and O–H groups in total. The van der Waals surface area contributed by atoms with Gasteiger partial charge in [-0.3, -0.25) is 9.97 Å². The van der Waals surface area contributed by atoms with Crippen LogP contribution < -0.4 is 26.1 Å². The van der Waals surface area contributed by atoms with Crippen LogP contribution in [0.3, 0.4) is 0 Å². The third-order valence-electron chi connectivity index (χ3n) is 10.6. The number of ether oxygens (including phenoxy) is 2. The quantitative estimate of drug-likeness (QED) is 0.0950. The molecule has 0 saturated carbocycles. The Morgan fingerprint density at radius 2 is 0.864 bits per heavy atom. The molecular formula is C50H45BN4O2Pd2. The Kier molecular flexibility index (Phi) is 13.9. The van der Waals surface area contributed by atoms with Crippen LogP contribution in [0, 0.1) is 24.3 Å². The third-order valence-corrected chi connectivity index (χ3v) is 10.6. The first-order valence-electron chi connectivity index (χ1n) is 19.8. The molecule has 7 aromatic rings. The van der Waals surface area contributed by atoms with E-state index in [1.807, 2.05) is 30.6 Å². The summed E-state index contributed by atoms with van der Waals surface area (Å²) < 4.78 is 13.2. The maximum atomic E-state index is 6.59. The van der Waals surface area contributed by atoms with E-state index in [2.05, 4.69) is 140 Å². The molecule has 4 aromatic carbocycles. The van der Waals surface area contributed by atoms with E-state index in [0.29, 0.717) is 40.6 Å². The smallest absolute Gasteiger partial charge is 0.503 e. The molecule has 59 heavy (non-hydrogen) atoms. The van der Waals surface area contributed by atoms with Crippen LogP contribution in [0.5, 0.6) is 23.0 Å². The number of aromatic nitrogens is 4. The fourth-order valence-electron chi connectivity index (χ4n) is 7.21. The van der Waals surface area contributed by atoms with Crippen LogP contribution in [0.15, 0.2) is 104 Å². The standard InChI is InChI=1S/C50H45BN4O2.2Pd/c1-30(2)34-14-18-52-48(26-34)38-20-36(32(5)6)22-42(24-38)56-40-10-12-44-45-13-11-41(29-47(45)51(46(44)28-40)50-54-16-9-17-55-50)57-43-23-37(33(7)8)21-39(25-43)49-27-35(31(3)4)15-19-53-49;;/h9-23,26-27,30-33H,1-8H3;;/q-4;2*+2. The van der Waals surface area contributed by atoms with Crippen LogP contribution in [-0.2, 0) is 40.8 Å². The first-order chi connectivity index (χ1) is 27.5. The molecule has 0 aliphatic carbocycles. The van der Waals surface area contributed by atoms with E-state index in [0.717, 1.165) is 55.7 Å². The van der Waals surface area contributed by atoms with E-state index in [4.69, 9.17) is 29.4 Å². The topological polar surface area (TPSA) is 70.0 Å². The number of hydrogen-bond acceptors (Lipinski definition) is 6. The summed E-state index contributed by atoms with van der Waals surface area (Å²) in [4.78, 5) is 18.8. The molecule has 6 nitrogen and oxygen atoms in total. The summed E-state index contributed by atoms with van der Waals surface area (Å²) in [6.45, 7) is 17.1. The van der Waals surface area contributed by atoms with E-state index >= 15 is 0 Å². The number of nitrogens with zero attached hydrogens (tertiary/aromatic N) is 4. The van der Waals surface area contributed by atoms with E-state index in [1.165, 1.54) is 11.1 Å². The molecule has 0 amide bonds. The minimum atomic E-state index is -0.336. The molecule has 300 valence electrons. The van der Waals surface area contributed by atoms with Gasteiger partial charge in [-0.1, -0.05) is 103 Å². The van der Waals surface area contributed by atoms with Gasteiger partial charge in [-0.05, 0) is 53.3 Å². The molecule has 9 heteroatoms. The van der Waals surface area contributed by atoms with E-state index in [-0.39, 0.29) is 59.4 Å². The van der Waals surface area contributed by atoms with Gasteiger partial charge in [-0.15, -0.1) is 58.7 Å². The number of fused-ring (bicyclic) bond motifs is 3. The molecule has 0 fully saturated rings. The molecule has 0 radical (unpaired) electrons. The van der Waals surface area contributed by atoms with Crippen LogP contribution in [0.2, 0.25) is 0 Å². The van der Waals surface area contributed by atoms with Gasteiger partial charge in [-0.2, -0.15) is 34.2 Å². The zero-order valence-corrected chi connectivity index (χ0v) is 37.5. The Morgan fingerprint density at radius 3 is 1.27 bits per heavy atom. The average molecular weight is 958 g/mol. The summed E-state index contributed by atoms with van der Waals surface area (Å²) >= 11 is 0. The number of benzene rings is 4. The predicted molar refractivity (Wildman–Crippen MR) is 230 cm³/mol. The number of pyridine rings is 2. The van der Waals surface area contributed by atoms with Gasteiger partial charge < -0.3 is 19.4 Å². The van der Waals surface area contributed by atoms with Crippen LogP contribution in [0.1, 0.15) is 101 Å². The Morgan fingerprint density at radius 1 is 0.441 bits per heavy atom. The molecule has 1 aliphatic rings. The van der Waals surface area contributed by atoms with Crippen molar-refractivity contribution < 1.29 is 50.3 Å². The Balaban J connectivity index is 0.00000293. The van der Waals surface area contributed by atoms with Gasteiger partial charge in [0.25, 0.3) is 0 Å². The summed E-state index contributed by atoms with van der Waals surface area (Å²) in [5.41, 5.74) is 12.8. The zero-order valence-electron chi connectivity index (χ0n) is 34.4.